The molecule has 0 aliphatic rings. The highest BCUT2D eigenvalue weighted by Crippen LogP contribution is 2.30. The normalized spacial score (nSPS) is 15.1. The average Bonchev–Trinajstić information content (AvgIpc) is 2.69. The van der Waals surface area contributed by atoms with Crippen molar-refractivity contribution in [2.24, 2.45) is 5.92 Å². The first kappa shape index (κ1) is 24.1. The Balaban J connectivity index is 2.41. The quantitative estimate of drug-likeness (QED) is 0.564. The molecule has 3 atom stereocenters. The molecule has 0 aromatic heterocycles. The number of carbonyl (C=O) groups is 1. The zero-order valence-electron chi connectivity index (χ0n) is 19.2. The Morgan fingerprint density at radius 2 is 1.50 bits per heavy atom. The van der Waals surface area contributed by atoms with Gasteiger partial charge in [0, 0.05) is 18.6 Å². The zero-order chi connectivity index (χ0) is 22.3. The summed E-state index contributed by atoms with van der Waals surface area (Å²) in [6.07, 6.45) is -0.536. The molecular formula is C26H37NO3. The van der Waals surface area contributed by atoms with Crippen molar-refractivity contribution in [1.82, 2.24) is 4.90 Å². The second-order valence-electron chi connectivity index (χ2n) is 9.42. The highest BCUT2D eigenvalue weighted by molar-refractivity contribution is 5.75. The van der Waals surface area contributed by atoms with Crippen molar-refractivity contribution in [3.63, 3.8) is 0 Å². The van der Waals surface area contributed by atoms with Crippen molar-refractivity contribution in [3.05, 3.63) is 71.8 Å². The number of carbonyl (C=O) groups excluding carboxylic acids is 1. The van der Waals surface area contributed by atoms with Crippen LogP contribution >= 0.6 is 0 Å². The molecule has 2 aromatic rings. The SMILES string of the molecule is CC(C)C[C@H]([C@@H](O)C(=O)OC(C)(C)C)N(Cc1ccccc1)[C@H](C)c1ccccc1. The van der Waals surface area contributed by atoms with Gasteiger partial charge in [0.15, 0.2) is 6.10 Å². The van der Waals surface area contributed by atoms with E-state index in [2.05, 4.69) is 49.9 Å². The molecule has 2 rings (SSSR count). The van der Waals surface area contributed by atoms with Gasteiger partial charge in [0.1, 0.15) is 5.60 Å². The first-order chi connectivity index (χ1) is 14.1. The van der Waals surface area contributed by atoms with Crippen LogP contribution in [0.4, 0.5) is 0 Å². The lowest BCUT2D eigenvalue weighted by Gasteiger charge is -2.40. The lowest BCUT2D eigenvalue weighted by atomic mass is 9.93. The van der Waals surface area contributed by atoms with Crippen molar-refractivity contribution < 1.29 is 14.6 Å². The van der Waals surface area contributed by atoms with Crippen molar-refractivity contribution in [1.29, 1.82) is 0 Å². The highest BCUT2D eigenvalue weighted by atomic mass is 16.6. The van der Waals surface area contributed by atoms with Crippen LogP contribution in [0.2, 0.25) is 0 Å². The topological polar surface area (TPSA) is 49.8 Å². The van der Waals surface area contributed by atoms with Crippen LogP contribution in [0, 0.1) is 5.92 Å². The summed E-state index contributed by atoms with van der Waals surface area (Å²) in [6.45, 7) is 12.5. The standard InChI is InChI=1S/C26H37NO3/c1-19(2)17-23(24(28)25(29)30-26(4,5)6)27(18-21-13-9-7-10-14-21)20(3)22-15-11-8-12-16-22/h7-16,19-20,23-24,28H,17-18H2,1-6H3/t20-,23-,24-/m1/s1. The van der Waals surface area contributed by atoms with Gasteiger partial charge in [-0.15, -0.1) is 0 Å². The van der Waals surface area contributed by atoms with Crippen molar-refractivity contribution in [2.75, 3.05) is 0 Å². The van der Waals surface area contributed by atoms with Crippen LogP contribution in [0.5, 0.6) is 0 Å². The summed E-state index contributed by atoms with van der Waals surface area (Å²) in [4.78, 5) is 15.0. The number of benzene rings is 2. The minimum Gasteiger partial charge on any atom is -0.458 e. The molecule has 0 unspecified atom stereocenters. The van der Waals surface area contributed by atoms with Crippen LogP contribution in [0.25, 0.3) is 0 Å². The molecular weight excluding hydrogens is 374 g/mol. The molecule has 0 radical (unpaired) electrons. The van der Waals surface area contributed by atoms with E-state index >= 15 is 0 Å². The summed E-state index contributed by atoms with van der Waals surface area (Å²) in [5.41, 5.74) is 1.65. The van der Waals surface area contributed by atoms with Crippen LogP contribution in [0.1, 0.15) is 65.1 Å². The summed E-state index contributed by atoms with van der Waals surface area (Å²) in [5.74, 6) is -0.250. The zero-order valence-corrected chi connectivity index (χ0v) is 19.2. The van der Waals surface area contributed by atoms with Gasteiger partial charge in [-0.1, -0.05) is 74.5 Å². The van der Waals surface area contributed by atoms with Gasteiger partial charge in [0.2, 0.25) is 0 Å². The molecule has 0 saturated carbocycles. The van der Waals surface area contributed by atoms with Crippen LogP contribution in [-0.4, -0.2) is 33.7 Å². The van der Waals surface area contributed by atoms with Crippen molar-refractivity contribution >= 4 is 5.97 Å². The Labute approximate surface area is 181 Å². The van der Waals surface area contributed by atoms with Crippen LogP contribution in [0.15, 0.2) is 60.7 Å². The maximum atomic E-state index is 12.8. The summed E-state index contributed by atoms with van der Waals surface area (Å²) < 4.78 is 5.53. The Morgan fingerprint density at radius 3 is 2.00 bits per heavy atom. The van der Waals surface area contributed by atoms with Gasteiger partial charge in [-0.2, -0.15) is 0 Å². The van der Waals surface area contributed by atoms with Gasteiger partial charge in [-0.05, 0) is 51.2 Å². The fourth-order valence-corrected chi connectivity index (χ4v) is 3.71. The number of ether oxygens (including phenoxy) is 1. The molecule has 0 aliphatic heterocycles. The molecule has 0 amide bonds. The highest BCUT2D eigenvalue weighted by Gasteiger charge is 2.37. The number of hydrogen-bond acceptors (Lipinski definition) is 4. The Morgan fingerprint density at radius 1 is 0.967 bits per heavy atom. The van der Waals surface area contributed by atoms with Crippen LogP contribution < -0.4 is 0 Å². The maximum Gasteiger partial charge on any atom is 0.337 e. The van der Waals surface area contributed by atoms with Crippen LogP contribution in [-0.2, 0) is 16.1 Å². The first-order valence-electron chi connectivity index (χ1n) is 10.8. The lowest BCUT2D eigenvalue weighted by molar-refractivity contribution is -0.170. The molecule has 0 bridgehead atoms. The van der Waals surface area contributed by atoms with Crippen molar-refractivity contribution in [2.45, 2.75) is 78.3 Å². The van der Waals surface area contributed by atoms with E-state index in [-0.39, 0.29) is 12.1 Å². The monoisotopic (exact) mass is 411 g/mol. The van der Waals surface area contributed by atoms with Gasteiger partial charge < -0.3 is 9.84 Å². The molecule has 1 N–H and O–H groups in total. The summed E-state index contributed by atoms with van der Waals surface area (Å²) in [6, 6.07) is 20.1. The molecule has 0 fully saturated rings. The van der Waals surface area contributed by atoms with Gasteiger partial charge in [-0.3, -0.25) is 4.90 Å². The third-order valence-electron chi connectivity index (χ3n) is 5.14. The first-order valence-corrected chi connectivity index (χ1v) is 10.8. The van der Waals surface area contributed by atoms with E-state index in [4.69, 9.17) is 4.74 Å². The molecule has 0 saturated heterocycles. The summed E-state index contributed by atoms with van der Waals surface area (Å²) >= 11 is 0. The third-order valence-corrected chi connectivity index (χ3v) is 5.14. The Bertz CT molecular complexity index is 768. The number of aliphatic hydroxyl groups is 1. The fraction of sp³-hybridized carbons (Fsp3) is 0.500. The van der Waals surface area contributed by atoms with Gasteiger partial charge in [0.25, 0.3) is 0 Å². The van der Waals surface area contributed by atoms with Crippen LogP contribution in [0.3, 0.4) is 0 Å². The van der Waals surface area contributed by atoms with Gasteiger partial charge in [-0.25, -0.2) is 4.79 Å². The minimum atomic E-state index is -1.22. The van der Waals surface area contributed by atoms with E-state index in [1.165, 1.54) is 0 Å². The number of aliphatic hydroxyl groups excluding tert-OH is 1. The Hall–Kier alpha value is -2.17. The van der Waals surface area contributed by atoms with E-state index in [0.717, 1.165) is 11.1 Å². The van der Waals surface area contributed by atoms with E-state index in [1.807, 2.05) is 57.2 Å². The smallest absolute Gasteiger partial charge is 0.337 e. The van der Waals surface area contributed by atoms with E-state index < -0.39 is 17.7 Å². The predicted octanol–water partition coefficient (Wildman–Crippen LogP) is 5.37. The third kappa shape index (κ3) is 7.26. The number of esters is 1. The molecule has 4 heteroatoms. The molecule has 0 aliphatic carbocycles. The van der Waals surface area contributed by atoms with Gasteiger partial charge >= 0.3 is 5.97 Å². The molecule has 30 heavy (non-hydrogen) atoms. The summed E-state index contributed by atoms with van der Waals surface area (Å²) in [5, 5.41) is 11.1. The fourth-order valence-electron chi connectivity index (χ4n) is 3.71. The minimum absolute atomic E-state index is 0.0206. The summed E-state index contributed by atoms with van der Waals surface area (Å²) in [7, 11) is 0. The van der Waals surface area contributed by atoms with E-state index in [1.54, 1.807) is 0 Å². The van der Waals surface area contributed by atoms with Gasteiger partial charge in [0.05, 0.1) is 0 Å². The molecule has 0 spiro atoms. The Kier molecular flexibility index (Phi) is 8.63. The largest absolute Gasteiger partial charge is 0.458 e. The average molecular weight is 412 g/mol. The second kappa shape index (κ2) is 10.7. The number of hydrogen-bond donors (Lipinski definition) is 1. The van der Waals surface area contributed by atoms with Crippen molar-refractivity contribution in [3.8, 4) is 0 Å². The maximum absolute atomic E-state index is 12.8. The van der Waals surface area contributed by atoms with E-state index in [9.17, 15) is 9.90 Å². The number of nitrogens with zero attached hydrogens (tertiary/aromatic N) is 1. The molecule has 4 nitrogen and oxygen atoms in total. The molecule has 0 heterocycles. The number of rotatable bonds is 9. The van der Waals surface area contributed by atoms with E-state index in [0.29, 0.717) is 18.9 Å². The molecule has 164 valence electrons. The lowest BCUT2D eigenvalue weighted by Crippen LogP contribution is -2.50. The second-order valence-corrected chi connectivity index (χ2v) is 9.42. The predicted molar refractivity (Wildman–Crippen MR) is 122 cm³/mol. The molecule has 2 aromatic carbocycles.